The molecule has 6 nitrogen and oxygen atoms in total. The molecule has 1 amide bonds. The number of nitrogens with zero attached hydrogens (tertiary/aromatic N) is 3. The average molecular weight is 322 g/mol. The van der Waals surface area contributed by atoms with E-state index in [4.69, 9.17) is 10.5 Å². The second-order valence-corrected chi connectivity index (χ2v) is 7.72. The molecule has 1 saturated heterocycles. The summed E-state index contributed by atoms with van der Waals surface area (Å²) in [6.07, 6.45) is 3.42. The van der Waals surface area contributed by atoms with Crippen molar-refractivity contribution in [2.24, 2.45) is 11.7 Å². The summed E-state index contributed by atoms with van der Waals surface area (Å²) in [7, 11) is 0. The van der Waals surface area contributed by atoms with Gasteiger partial charge in [0.2, 0.25) is 0 Å². The average Bonchev–Trinajstić information content (AvgIpc) is 3.05. The standard InChI is InChI=1S/C17H30N4O2/c1-12(2)21-9-7-14(19-21)10-15(18)13-6-8-20(11-13)16(22)23-17(3,4)5/h7,9,12-13,15H,6,8,10-11,18H2,1-5H3. The molecule has 1 fully saturated rings. The highest BCUT2D eigenvalue weighted by atomic mass is 16.6. The minimum Gasteiger partial charge on any atom is -0.444 e. The molecular formula is C17H30N4O2. The first-order chi connectivity index (χ1) is 10.7. The van der Waals surface area contributed by atoms with Gasteiger partial charge in [0.15, 0.2) is 0 Å². The number of carbonyl (C=O) groups excluding carboxylic acids is 1. The third kappa shape index (κ3) is 4.96. The molecule has 1 aromatic rings. The van der Waals surface area contributed by atoms with Crippen LogP contribution in [0.4, 0.5) is 4.79 Å². The summed E-state index contributed by atoms with van der Waals surface area (Å²) in [6, 6.07) is 2.40. The lowest BCUT2D eigenvalue weighted by Gasteiger charge is -2.25. The zero-order valence-electron chi connectivity index (χ0n) is 15.0. The number of hydrogen-bond donors (Lipinski definition) is 1. The fraction of sp³-hybridized carbons (Fsp3) is 0.765. The quantitative estimate of drug-likeness (QED) is 0.924. The maximum atomic E-state index is 12.1. The van der Waals surface area contributed by atoms with Gasteiger partial charge in [0.1, 0.15) is 5.60 Å². The fourth-order valence-corrected chi connectivity index (χ4v) is 2.81. The van der Waals surface area contributed by atoms with Crippen molar-refractivity contribution in [3.8, 4) is 0 Å². The number of carbonyl (C=O) groups is 1. The first-order valence-corrected chi connectivity index (χ1v) is 8.43. The van der Waals surface area contributed by atoms with Gasteiger partial charge in [-0.3, -0.25) is 4.68 Å². The van der Waals surface area contributed by atoms with Crippen molar-refractivity contribution in [2.45, 2.75) is 65.1 Å². The van der Waals surface area contributed by atoms with Crippen LogP contribution in [-0.2, 0) is 11.2 Å². The summed E-state index contributed by atoms with van der Waals surface area (Å²) in [5, 5.41) is 4.56. The van der Waals surface area contributed by atoms with Gasteiger partial charge in [0.05, 0.1) is 5.69 Å². The van der Waals surface area contributed by atoms with Crippen molar-refractivity contribution in [1.82, 2.24) is 14.7 Å². The van der Waals surface area contributed by atoms with Crippen LogP contribution in [0, 0.1) is 5.92 Å². The molecule has 0 saturated carbocycles. The third-order valence-electron chi connectivity index (χ3n) is 4.12. The molecule has 2 heterocycles. The Labute approximate surface area is 139 Å². The van der Waals surface area contributed by atoms with Crippen molar-refractivity contribution in [3.05, 3.63) is 18.0 Å². The second kappa shape index (κ2) is 6.91. The number of rotatable bonds is 4. The van der Waals surface area contributed by atoms with Crippen LogP contribution in [0.15, 0.2) is 12.3 Å². The van der Waals surface area contributed by atoms with Crippen molar-refractivity contribution in [3.63, 3.8) is 0 Å². The Balaban J connectivity index is 1.86. The molecule has 2 unspecified atom stereocenters. The molecule has 0 aromatic carbocycles. The largest absolute Gasteiger partial charge is 0.444 e. The lowest BCUT2D eigenvalue weighted by atomic mass is 9.96. The molecule has 1 aromatic heterocycles. The van der Waals surface area contributed by atoms with Gasteiger partial charge >= 0.3 is 6.09 Å². The summed E-state index contributed by atoms with van der Waals surface area (Å²) >= 11 is 0. The first-order valence-electron chi connectivity index (χ1n) is 8.43. The molecule has 0 spiro atoms. The fourth-order valence-electron chi connectivity index (χ4n) is 2.81. The number of aromatic nitrogens is 2. The van der Waals surface area contributed by atoms with Crippen molar-refractivity contribution in [1.29, 1.82) is 0 Å². The van der Waals surface area contributed by atoms with E-state index in [9.17, 15) is 4.79 Å². The Morgan fingerprint density at radius 2 is 2.17 bits per heavy atom. The lowest BCUT2D eigenvalue weighted by Crippen LogP contribution is -2.38. The summed E-state index contributed by atoms with van der Waals surface area (Å²) in [4.78, 5) is 13.9. The van der Waals surface area contributed by atoms with Crippen molar-refractivity contribution >= 4 is 6.09 Å². The van der Waals surface area contributed by atoms with Crippen LogP contribution < -0.4 is 5.73 Å². The predicted octanol–water partition coefficient (Wildman–Crippen LogP) is 2.59. The Morgan fingerprint density at radius 1 is 1.48 bits per heavy atom. The highest BCUT2D eigenvalue weighted by Gasteiger charge is 2.32. The first kappa shape index (κ1) is 17.8. The minimum absolute atomic E-state index is 0.0120. The van der Waals surface area contributed by atoms with Crippen LogP contribution in [-0.4, -0.2) is 45.5 Å². The molecule has 2 N–H and O–H groups in total. The maximum Gasteiger partial charge on any atom is 0.410 e. The number of nitrogens with two attached hydrogens (primary N) is 1. The van der Waals surface area contributed by atoms with Gasteiger partial charge in [0.25, 0.3) is 0 Å². The summed E-state index contributed by atoms with van der Waals surface area (Å²) in [5.74, 6) is 0.298. The van der Waals surface area contributed by atoms with E-state index in [1.165, 1.54) is 0 Å². The lowest BCUT2D eigenvalue weighted by molar-refractivity contribution is 0.0286. The summed E-state index contributed by atoms with van der Waals surface area (Å²) in [6.45, 7) is 11.2. The van der Waals surface area contributed by atoms with Crippen molar-refractivity contribution in [2.75, 3.05) is 13.1 Å². The van der Waals surface area contributed by atoms with E-state index in [0.717, 1.165) is 18.5 Å². The third-order valence-corrected chi connectivity index (χ3v) is 4.12. The van der Waals surface area contributed by atoms with E-state index >= 15 is 0 Å². The Hall–Kier alpha value is -1.56. The Bertz CT molecular complexity index is 533. The summed E-state index contributed by atoms with van der Waals surface area (Å²) < 4.78 is 7.38. The highest BCUT2D eigenvalue weighted by molar-refractivity contribution is 5.68. The van der Waals surface area contributed by atoms with Crippen LogP contribution in [0.2, 0.25) is 0 Å². The molecule has 130 valence electrons. The Morgan fingerprint density at radius 3 is 2.74 bits per heavy atom. The highest BCUT2D eigenvalue weighted by Crippen LogP contribution is 2.23. The SMILES string of the molecule is CC(C)n1ccc(CC(N)C2CCN(C(=O)OC(C)(C)C)C2)n1. The van der Waals surface area contributed by atoms with Crippen LogP contribution in [0.3, 0.4) is 0 Å². The second-order valence-electron chi connectivity index (χ2n) is 7.72. The zero-order valence-corrected chi connectivity index (χ0v) is 15.0. The topological polar surface area (TPSA) is 73.4 Å². The normalized spacial score (nSPS) is 20.1. The van der Waals surface area contributed by atoms with Gasteiger partial charge in [-0.1, -0.05) is 0 Å². The van der Waals surface area contributed by atoms with Gasteiger partial charge in [-0.05, 0) is 53.0 Å². The smallest absolute Gasteiger partial charge is 0.410 e. The molecule has 2 atom stereocenters. The van der Waals surface area contributed by atoms with Crippen LogP contribution >= 0.6 is 0 Å². The number of hydrogen-bond acceptors (Lipinski definition) is 4. The number of ether oxygens (including phenoxy) is 1. The van der Waals surface area contributed by atoms with E-state index in [1.54, 1.807) is 4.90 Å². The predicted molar refractivity (Wildman–Crippen MR) is 90.2 cm³/mol. The van der Waals surface area contributed by atoms with Gasteiger partial charge in [-0.2, -0.15) is 5.10 Å². The van der Waals surface area contributed by atoms with Crippen molar-refractivity contribution < 1.29 is 9.53 Å². The molecule has 23 heavy (non-hydrogen) atoms. The monoisotopic (exact) mass is 322 g/mol. The molecular weight excluding hydrogens is 292 g/mol. The molecule has 0 aliphatic carbocycles. The van der Waals surface area contributed by atoms with Gasteiger partial charge < -0.3 is 15.4 Å². The van der Waals surface area contributed by atoms with E-state index in [-0.39, 0.29) is 12.1 Å². The van der Waals surface area contributed by atoms with Crippen LogP contribution in [0.1, 0.15) is 52.8 Å². The van der Waals surface area contributed by atoms with Gasteiger partial charge in [0, 0.05) is 37.8 Å². The van der Waals surface area contributed by atoms with E-state index in [2.05, 4.69) is 18.9 Å². The Kier molecular flexibility index (Phi) is 5.34. The zero-order chi connectivity index (χ0) is 17.2. The molecule has 1 aliphatic rings. The molecule has 2 rings (SSSR count). The van der Waals surface area contributed by atoms with Crippen LogP contribution in [0.5, 0.6) is 0 Å². The summed E-state index contributed by atoms with van der Waals surface area (Å²) in [5.41, 5.74) is 6.92. The van der Waals surface area contributed by atoms with E-state index in [1.807, 2.05) is 37.7 Å². The number of amides is 1. The molecule has 6 heteroatoms. The molecule has 0 radical (unpaired) electrons. The van der Waals surface area contributed by atoms with E-state index < -0.39 is 5.60 Å². The van der Waals surface area contributed by atoms with Crippen LogP contribution in [0.25, 0.3) is 0 Å². The minimum atomic E-state index is -0.457. The van der Waals surface area contributed by atoms with E-state index in [0.29, 0.717) is 25.0 Å². The molecule has 1 aliphatic heterocycles. The van der Waals surface area contributed by atoms with Gasteiger partial charge in [-0.25, -0.2) is 4.79 Å². The van der Waals surface area contributed by atoms with Gasteiger partial charge in [-0.15, -0.1) is 0 Å². The molecule has 0 bridgehead atoms. The number of likely N-dealkylation sites (tertiary alicyclic amines) is 1. The maximum absolute atomic E-state index is 12.1.